The number of rotatable bonds is 2. The molecule has 3 nitrogen and oxygen atoms in total. The first-order valence-electron chi connectivity index (χ1n) is 4.47. The molecule has 0 spiro atoms. The first-order chi connectivity index (χ1) is 6.59. The van der Waals surface area contributed by atoms with E-state index in [1.807, 2.05) is 6.92 Å². The van der Waals surface area contributed by atoms with E-state index in [1.165, 1.54) is 6.07 Å². The van der Waals surface area contributed by atoms with Gasteiger partial charge in [-0.2, -0.15) is 0 Å². The maximum Gasteiger partial charge on any atom is 0.162 e. The Balaban J connectivity index is 2.16. The van der Waals surface area contributed by atoms with Gasteiger partial charge in [0.05, 0.1) is 0 Å². The molecule has 1 saturated heterocycles. The maximum atomic E-state index is 9.54. The summed E-state index contributed by atoms with van der Waals surface area (Å²) >= 11 is 5.71. The fourth-order valence-corrected chi connectivity index (χ4v) is 1.56. The Labute approximate surface area is 87.6 Å². The number of nitrogens with one attached hydrogen (secondary N) is 1. The minimum Gasteiger partial charge on any atom is -0.504 e. The normalized spacial score (nSPS) is 18.7. The number of halogens is 1. The Morgan fingerprint density at radius 1 is 1.50 bits per heavy atom. The molecule has 1 aromatic carbocycles. The van der Waals surface area contributed by atoms with Crippen LogP contribution in [0.15, 0.2) is 18.2 Å². The second-order valence-electron chi connectivity index (χ2n) is 3.77. The lowest BCUT2D eigenvalue weighted by molar-refractivity contribution is 0.0324. The molecule has 1 aromatic rings. The largest absolute Gasteiger partial charge is 0.504 e. The number of aromatic hydroxyl groups is 1. The molecule has 0 aromatic heterocycles. The van der Waals surface area contributed by atoms with Gasteiger partial charge in [-0.05, 0) is 19.1 Å². The Morgan fingerprint density at radius 3 is 2.71 bits per heavy atom. The van der Waals surface area contributed by atoms with Crippen LogP contribution in [0.1, 0.15) is 6.92 Å². The Bertz CT molecular complexity index is 350. The van der Waals surface area contributed by atoms with E-state index in [2.05, 4.69) is 5.32 Å². The van der Waals surface area contributed by atoms with Crippen molar-refractivity contribution in [2.75, 3.05) is 13.1 Å². The van der Waals surface area contributed by atoms with Crippen molar-refractivity contribution in [1.82, 2.24) is 5.32 Å². The van der Waals surface area contributed by atoms with E-state index in [0.717, 1.165) is 13.1 Å². The van der Waals surface area contributed by atoms with Crippen molar-refractivity contribution in [3.63, 3.8) is 0 Å². The molecule has 1 fully saturated rings. The molecule has 1 heterocycles. The zero-order chi connectivity index (χ0) is 10.2. The van der Waals surface area contributed by atoms with Gasteiger partial charge in [-0.25, -0.2) is 0 Å². The monoisotopic (exact) mass is 213 g/mol. The zero-order valence-corrected chi connectivity index (χ0v) is 8.64. The highest BCUT2D eigenvalue weighted by Gasteiger charge is 2.34. The third kappa shape index (κ3) is 1.79. The van der Waals surface area contributed by atoms with Gasteiger partial charge in [-0.15, -0.1) is 0 Å². The van der Waals surface area contributed by atoms with E-state index in [-0.39, 0.29) is 11.4 Å². The van der Waals surface area contributed by atoms with Gasteiger partial charge in [0.15, 0.2) is 11.5 Å². The Hall–Kier alpha value is -0.930. The molecule has 0 aliphatic carbocycles. The zero-order valence-electron chi connectivity index (χ0n) is 7.88. The number of benzene rings is 1. The minimum atomic E-state index is -0.203. The highest BCUT2D eigenvalue weighted by atomic mass is 35.5. The lowest BCUT2D eigenvalue weighted by atomic mass is 10.00. The highest BCUT2D eigenvalue weighted by Crippen LogP contribution is 2.32. The van der Waals surface area contributed by atoms with Crippen molar-refractivity contribution in [2.24, 2.45) is 0 Å². The second-order valence-corrected chi connectivity index (χ2v) is 4.20. The van der Waals surface area contributed by atoms with Crippen LogP contribution in [-0.4, -0.2) is 23.8 Å². The molecule has 0 amide bonds. The van der Waals surface area contributed by atoms with Crippen molar-refractivity contribution < 1.29 is 9.84 Å². The first kappa shape index (κ1) is 9.62. The van der Waals surface area contributed by atoms with Crippen LogP contribution in [0, 0.1) is 0 Å². The maximum absolute atomic E-state index is 9.54. The molecule has 1 aliphatic rings. The minimum absolute atomic E-state index is 0.0885. The molecule has 2 rings (SSSR count). The van der Waals surface area contributed by atoms with Gasteiger partial charge >= 0.3 is 0 Å². The quantitative estimate of drug-likeness (QED) is 0.787. The summed E-state index contributed by atoms with van der Waals surface area (Å²) in [5.74, 6) is 0.573. The SMILES string of the molecule is CC1(Oc2ccc(Cl)cc2O)CNC1. The van der Waals surface area contributed by atoms with Crippen molar-refractivity contribution in [2.45, 2.75) is 12.5 Å². The van der Waals surface area contributed by atoms with Crippen LogP contribution in [0.5, 0.6) is 11.5 Å². The number of hydrogen-bond acceptors (Lipinski definition) is 3. The van der Waals surface area contributed by atoms with Gasteiger partial charge in [0.25, 0.3) is 0 Å². The van der Waals surface area contributed by atoms with Gasteiger partial charge in [0.2, 0.25) is 0 Å². The fourth-order valence-electron chi connectivity index (χ4n) is 1.39. The summed E-state index contributed by atoms with van der Waals surface area (Å²) in [4.78, 5) is 0. The summed E-state index contributed by atoms with van der Waals surface area (Å²) in [6.07, 6.45) is 0. The molecule has 76 valence electrons. The van der Waals surface area contributed by atoms with Crippen molar-refractivity contribution in [3.8, 4) is 11.5 Å². The van der Waals surface area contributed by atoms with Crippen LogP contribution in [-0.2, 0) is 0 Å². The molecular formula is C10H12ClNO2. The molecule has 0 radical (unpaired) electrons. The predicted molar refractivity (Wildman–Crippen MR) is 55.0 cm³/mol. The standard InChI is InChI=1S/C10H12ClNO2/c1-10(5-12-6-10)14-9-3-2-7(11)4-8(9)13/h2-4,12-13H,5-6H2,1H3. The summed E-state index contributed by atoms with van der Waals surface area (Å²) in [5, 5.41) is 13.2. The van der Waals surface area contributed by atoms with E-state index in [1.54, 1.807) is 12.1 Å². The van der Waals surface area contributed by atoms with Crippen LogP contribution in [0.2, 0.25) is 5.02 Å². The number of hydrogen-bond donors (Lipinski definition) is 2. The molecule has 4 heteroatoms. The van der Waals surface area contributed by atoms with Crippen LogP contribution < -0.4 is 10.1 Å². The summed E-state index contributed by atoms with van der Waals surface area (Å²) in [5.41, 5.74) is -0.203. The van der Waals surface area contributed by atoms with Gasteiger partial charge in [-0.1, -0.05) is 11.6 Å². The predicted octanol–water partition coefficient (Wildman–Crippen LogP) is 1.79. The van der Waals surface area contributed by atoms with Crippen LogP contribution >= 0.6 is 11.6 Å². The molecule has 14 heavy (non-hydrogen) atoms. The van der Waals surface area contributed by atoms with Gasteiger partial charge in [-0.3, -0.25) is 0 Å². The lowest BCUT2D eigenvalue weighted by Crippen LogP contribution is -2.61. The van der Waals surface area contributed by atoms with E-state index in [9.17, 15) is 5.11 Å². The van der Waals surface area contributed by atoms with Gasteiger partial charge in [0, 0.05) is 24.2 Å². The second kappa shape index (κ2) is 3.33. The summed E-state index contributed by atoms with van der Waals surface area (Å²) < 4.78 is 5.65. The summed E-state index contributed by atoms with van der Waals surface area (Å²) in [6, 6.07) is 4.86. The first-order valence-corrected chi connectivity index (χ1v) is 4.85. The average Bonchev–Trinajstić information content (AvgIpc) is 2.07. The number of ether oxygens (including phenoxy) is 1. The third-order valence-corrected chi connectivity index (χ3v) is 2.51. The third-order valence-electron chi connectivity index (χ3n) is 2.28. The van der Waals surface area contributed by atoms with E-state index in [0.29, 0.717) is 10.8 Å². The molecule has 0 bridgehead atoms. The van der Waals surface area contributed by atoms with Crippen molar-refractivity contribution in [3.05, 3.63) is 23.2 Å². The van der Waals surface area contributed by atoms with Crippen molar-refractivity contribution >= 4 is 11.6 Å². The summed E-state index contributed by atoms with van der Waals surface area (Å²) in [6.45, 7) is 3.60. The van der Waals surface area contributed by atoms with Crippen LogP contribution in [0.3, 0.4) is 0 Å². The summed E-state index contributed by atoms with van der Waals surface area (Å²) in [7, 11) is 0. The van der Waals surface area contributed by atoms with Gasteiger partial charge < -0.3 is 15.2 Å². The van der Waals surface area contributed by atoms with Crippen molar-refractivity contribution in [1.29, 1.82) is 0 Å². The van der Waals surface area contributed by atoms with Gasteiger partial charge in [0.1, 0.15) is 5.60 Å². The topological polar surface area (TPSA) is 41.5 Å². The van der Waals surface area contributed by atoms with Crippen LogP contribution in [0.4, 0.5) is 0 Å². The number of phenolic OH excluding ortho intramolecular Hbond substituents is 1. The Kier molecular flexibility index (Phi) is 2.29. The molecule has 0 unspecified atom stereocenters. The van der Waals surface area contributed by atoms with E-state index in [4.69, 9.17) is 16.3 Å². The molecular weight excluding hydrogens is 202 g/mol. The molecule has 0 saturated carbocycles. The fraction of sp³-hybridized carbons (Fsp3) is 0.400. The highest BCUT2D eigenvalue weighted by molar-refractivity contribution is 6.30. The Morgan fingerprint density at radius 2 is 2.21 bits per heavy atom. The lowest BCUT2D eigenvalue weighted by Gasteiger charge is -2.39. The smallest absolute Gasteiger partial charge is 0.162 e. The van der Waals surface area contributed by atoms with E-state index < -0.39 is 0 Å². The molecule has 0 atom stereocenters. The molecule has 2 N–H and O–H groups in total. The number of phenols is 1. The van der Waals surface area contributed by atoms with E-state index >= 15 is 0 Å². The molecule has 1 aliphatic heterocycles. The average molecular weight is 214 g/mol. The van der Waals surface area contributed by atoms with Crippen LogP contribution in [0.25, 0.3) is 0 Å².